The van der Waals surface area contributed by atoms with Crippen molar-refractivity contribution in [3.05, 3.63) is 0 Å². The zero-order chi connectivity index (χ0) is 8.48. The molecule has 0 amide bonds. The van der Waals surface area contributed by atoms with E-state index in [-0.39, 0.29) is 0 Å². The lowest BCUT2D eigenvalue weighted by molar-refractivity contribution is 0.218. The Bertz CT molecular complexity index is 133. The SMILES string of the molecule is CC.CN1CCCC2(C)CC12. The fourth-order valence-corrected chi connectivity index (χ4v) is 2.23. The fourth-order valence-electron chi connectivity index (χ4n) is 2.23. The van der Waals surface area contributed by atoms with Crippen LogP contribution in [0.3, 0.4) is 0 Å². The Labute approximate surface area is 70.8 Å². The topological polar surface area (TPSA) is 3.24 Å². The Morgan fingerprint density at radius 2 is 2.00 bits per heavy atom. The van der Waals surface area contributed by atoms with E-state index in [1.807, 2.05) is 13.8 Å². The van der Waals surface area contributed by atoms with Crippen molar-refractivity contribution in [1.82, 2.24) is 4.90 Å². The van der Waals surface area contributed by atoms with Crippen LogP contribution in [0.5, 0.6) is 0 Å². The number of hydrogen-bond acceptors (Lipinski definition) is 1. The van der Waals surface area contributed by atoms with Crippen LogP contribution in [0.2, 0.25) is 0 Å². The predicted molar refractivity (Wildman–Crippen MR) is 49.7 cm³/mol. The minimum absolute atomic E-state index is 0.743. The van der Waals surface area contributed by atoms with Gasteiger partial charge in [0.1, 0.15) is 0 Å². The Morgan fingerprint density at radius 1 is 1.36 bits per heavy atom. The minimum Gasteiger partial charge on any atom is -0.303 e. The van der Waals surface area contributed by atoms with Crippen molar-refractivity contribution in [2.45, 2.75) is 46.1 Å². The molecular weight excluding hydrogens is 134 g/mol. The van der Waals surface area contributed by atoms with Crippen molar-refractivity contribution in [3.63, 3.8) is 0 Å². The number of rotatable bonds is 0. The molecule has 11 heavy (non-hydrogen) atoms. The van der Waals surface area contributed by atoms with Gasteiger partial charge in [0.05, 0.1) is 0 Å². The van der Waals surface area contributed by atoms with Gasteiger partial charge in [0.25, 0.3) is 0 Å². The van der Waals surface area contributed by atoms with Gasteiger partial charge in [0.15, 0.2) is 0 Å². The third-order valence-electron chi connectivity index (χ3n) is 3.09. The zero-order valence-corrected chi connectivity index (χ0v) is 8.35. The molecule has 66 valence electrons. The summed E-state index contributed by atoms with van der Waals surface area (Å²) >= 11 is 0. The van der Waals surface area contributed by atoms with E-state index >= 15 is 0 Å². The smallest absolute Gasteiger partial charge is 0.0152 e. The fraction of sp³-hybridized carbons (Fsp3) is 1.00. The summed E-state index contributed by atoms with van der Waals surface area (Å²) in [6.45, 7) is 7.76. The number of piperidine rings is 1. The first-order valence-electron chi connectivity index (χ1n) is 4.93. The van der Waals surface area contributed by atoms with Crippen LogP contribution in [0.1, 0.15) is 40.0 Å². The van der Waals surface area contributed by atoms with E-state index < -0.39 is 0 Å². The van der Waals surface area contributed by atoms with Gasteiger partial charge in [0.2, 0.25) is 0 Å². The largest absolute Gasteiger partial charge is 0.303 e. The standard InChI is InChI=1S/C8H15N.C2H6/c1-8-4-3-5-9(2)7(8)6-8;1-2/h7H,3-6H2,1-2H3;1-2H3. The van der Waals surface area contributed by atoms with Gasteiger partial charge in [-0.25, -0.2) is 0 Å². The monoisotopic (exact) mass is 155 g/mol. The number of fused-ring (bicyclic) bond motifs is 1. The average Bonchev–Trinajstić information content (AvgIpc) is 2.68. The molecule has 1 heteroatoms. The molecule has 0 aromatic rings. The lowest BCUT2D eigenvalue weighted by Crippen LogP contribution is -2.30. The summed E-state index contributed by atoms with van der Waals surface area (Å²) in [5.74, 6) is 0. The Hall–Kier alpha value is -0.0400. The van der Waals surface area contributed by atoms with E-state index in [2.05, 4.69) is 18.9 Å². The Morgan fingerprint density at radius 3 is 2.45 bits per heavy atom. The lowest BCUT2D eigenvalue weighted by atomic mass is 9.98. The van der Waals surface area contributed by atoms with Gasteiger partial charge in [0, 0.05) is 6.04 Å². The summed E-state index contributed by atoms with van der Waals surface area (Å²) < 4.78 is 0. The Kier molecular flexibility index (Phi) is 2.58. The van der Waals surface area contributed by atoms with Crippen LogP contribution in [0.25, 0.3) is 0 Å². The summed E-state index contributed by atoms with van der Waals surface area (Å²) in [6.07, 6.45) is 4.36. The molecule has 2 aliphatic rings. The van der Waals surface area contributed by atoms with Crippen molar-refractivity contribution < 1.29 is 0 Å². The van der Waals surface area contributed by atoms with Gasteiger partial charge < -0.3 is 4.90 Å². The molecule has 2 rings (SSSR count). The van der Waals surface area contributed by atoms with Gasteiger partial charge >= 0.3 is 0 Å². The van der Waals surface area contributed by atoms with Crippen LogP contribution < -0.4 is 0 Å². The van der Waals surface area contributed by atoms with E-state index in [4.69, 9.17) is 0 Å². The molecule has 0 N–H and O–H groups in total. The van der Waals surface area contributed by atoms with Crippen molar-refractivity contribution in [1.29, 1.82) is 0 Å². The first kappa shape index (κ1) is 9.05. The van der Waals surface area contributed by atoms with Crippen LogP contribution in [0.15, 0.2) is 0 Å². The first-order chi connectivity index (χ1) is 5.22. The molecular formula is C10H21N. The molecule has 1 aliphatic carbocycles. The molecule has 1 saturated carbocycles. The van der Waals surface area contributed by atoms with E-state index in [1.54, 1.807) is 0 Å². The normalized spacial score (nSPS) is 42.0. The van der Waals surface area contributed by atoms with Crippen molar-refractivity contribution in [2.24, 2.45) is 5.41 Å². The van der Waals surface area contributed by atoms with Crippen LogP contribution in [-0.4, -0.2) is 24.5 Å². The summed E-state index contributed by atoms with van der Waals surface area (Å²) in [7, 11) is 2.26. The second kappa shape index (κ2) is 3.14. The maximum absolute atomic E-state index is 2.52. The maximum Gasteiger partial charge on any atom is 0.0152 e. The minimum atomic E-state index is 0.743. The van der Waals surface area contributed by atoms with Crippen molar-refractivity contribution >= 4 is 0 Å². The van der Waals surface area contributed by atoms with Crippen LogP contribution in [0, 0.1) is 5.41 Å². The summed E-state index contributed by atoms with van der Waals surface area (Å²) in [5.41, 5.74) is 0.743. The van der Waals surface area contributed by atoms with Gasteiger partial charge in [-0.05, 0) is 38.3 Å². The summed E-state index contributed by atoms with van der Waals surface area (Å²) in [6, 6.07) is 0.950. The average molecular weight is 155 g/mol. The summed E-state index contributed by atoms with van der Waals surface area (Å²) in [5, 5.41) is 0. The van der Waals surface area contributed by atoms with E-state index in [9.17, 15) is 0 Å². The van der Waals surface area contributed by atoms with Crippen LogP contribution in [0.4, 0.5) is 0 Å². The number of likely N-dealkylation sites (tertiary alicyclic amines) is 1. The first-order valence-corrected chi connectivity index (χ1v) is 4.93. The van der Waals surface area contributed by atoms with Crippen LogP contribution in [-0.2, 0) is 0 Å². The van der Waals surface area contributed by atoms with Gasteiger partial charge in [-0.2, -0.15) is 0 Å². The molecule has 1 aliphatic heterocycles. The summed E-state index contributed by atoms with van der Waals surface area (Å²) in [4.78, 5) is 2.52. The second-order valence-electron chi connectivity index (χ2n) is 3.96. The lowest BCUT2D eigenvalue weighted by Gasteiger charge is -2.26. The molecule has 2 unspecified atom stereocenters. The molecule has 2 fully saturated rings. The third kappa shape index (κ3) is 1.58. The van der Waals surface area contributed by atoms with E-state index in [0.717, 1.165) is 11.5 Å². The van der Waals surface area contributed by atoms with E-state index in [1.165, 1.54) is 25.8 Å². The molecule has 1 nitrogen and oxygen atoms in total. The maximum atomic E-state index is 2.52. The quantitative estimate of drug-likeness (QED) is 0.519. The second-order valence-corrected chi connectivity index (χ2v) is 3.96. The van der Waals surface area contributed by atoms with Gasteiger partial charge in [-0.15, -0.1) is 0 Å². The molecule has 0 radical (unpaired) electrons. The molecule has 1 saturated heterocycles. The molecule has 0 aromatic heterocycles. The highest BCUT2D eigenvalue weighted by molar-refractivity contribution is 5.07. The van der Waals surface area contributed by atoms with Crippen molar-refractivity contribution in [2.75, 3.05) is 13.6 Å². The molecule has 1 heterocycles. The van der Waals surface area contributed by atoms with Gasteiger partial charge in [-0.3, -0.25) is 0 Å². The van der Waals surface area contributed by atoms with Gasteiger partial charge in [-0.1, -0.05) is 20.8 Å². The number of hydrogen-bond donors (Lipinski definition) is 0. The molecule has 0 bridgehead atoms. The highest BCUT2D eigenvalue weighted by Crippen LogP contribution is 2.54. The highest BCUT2D eigenvalue weighted by atomic mass is 15.2. The number of nitrogens with zero attached hydrogens (tertiary/aromatic N) is 1. The molecule has 2 atom stereocenters. The van der Waals surface area contributed by atoms with Crippen LogP contribution >= 0.6 is 0 Å². The van der Waals surface area contributed by atoms with Crippen molar-refractivity contribution in [3.8, 4) is 0 Å². The predicted octanol–water partition coefficient (Wildman–Crippen LogP) is 2.52. The Balaban J connectivity index is 0.000000281. The third-order valence-corrected chi connectivity index (χ3v) is 3.09. The zero-order valence-electron chi connectivity index (χ0n) is 8.35. The highest BCUT2D eigenvalue weighted by Gasteiger charge is 2.53. The molecule has 0 aromatic carbocycles. The molecule has 0 spiro atoms. The van der Waals surface area contributed by atoms with E-state index in [0.29, 0.717) is 0 Å².